The minimum atomic E-state index is -3.38. The van der Waals surface area contributed by atoms with Crippen molar-refractivity contribution in [3.8, 4) is 0 Å². The third kappa shape index (κ3) is 7.09. The van der Waals surface area contributed by atoms with Crippen molar-refractivity contribution in [2.24, 2.45) is 17.1 Å². The van der Waals surface area contributed by atoms with Gasteiger partial charge in [0.1, 0.15) is 11.9 Å². The van der Waals surface area contributed by atoms with E-state index in [1.54, 1.807) is 24.3 Å². The molecule has 5 N–H and O–H groups in total. The number of benzene rings is 2. The van der Waals surface area contributed by atoms with Gasteiger partial charge in [0.15, 0.2) is 21.3 Å². The van der Waals surface area contributed by atoms with Crippen molar-refractivity contribution in [1.29, 1.82) is 0 Å². The first-order valence-corrected chi connectivity index (χ1v) is 20.4. The molecule has 1 saturated carbocycles. The zero-order valence-corrected chi connectivity index (χ0v) is 31.4. The summed E-state index contributed by atoms with van der Waals surface area (Å²) < 4.78 is 23.7. The number of imide groups is 2. The third-order valence-corrected chi connectivity index (χ3v) is 12.5. The zero-order chi connectivity index (χ0) is 39.5. The zero-order valence-electron chi connectivity index (χ0n) is 30.6. The Morgan fingerprint density at radius 1 is 1.00 bits per heavy atom. The molecule has 18 heteroatoms. The summed E-state index contributed by atoms with van der Waals surface area (Å²) in [5.74, 6) is -2.30. The lowest BCUT2D eigenvalue weighted by Crippen LogP contribution is -2.64. The molecule has 4 aliphatic heterocycles. The topological polar surface area (TPSA) is 234 Å². The van der Waals surface area contributed by atoms with Crippen molar-refractivity contribution < 1.29 is 37.2 Å². The average Bonchev–Trinajstić information content (AvgIpc) is 3.36. The van der Waals surface area contributed by atoms with E-state index in [2.05, 4.69) is 30.8 Å². The molecular weight excluding hydrogens is 743 g/mol. The third-order valence-electron chi connectivity index (χ3n) is 11.4. The predicted molar refractivity (Wildman–Crippen MR) is 200 cm³/mol. The molecule has 17 nitrogen and oxygen atoms in total. The largest absolute Gasteiger partial charge is 0.364 e. The quantitative estimate of drug-likeness (QED) is 0.212. The number of nitrogens with two attached hydrogens (primary N) is 1. The molecule has 0 radical (unpaired) electrons. The second-order valence-electron chi connectivity index (χ2n) is 15.6. The van der Waals surface area contributed by atoms with E-state index < -0.39 is 45.4 Å². The molecule has 1 aromatic heterocycles. The smallest absolute Gasteiger partial charge is 0.271 e. The van der Waals surface area contributed by atoms with Crippen molar-refractivity contribution in [3.63, 3.8) is 0 Å². The molecule has 2 aromatic carbocycles. The Balaban J connectivity index is 0.827. The number of nitrogens with one attached hydrogen (secondary N) is 3. The van der Waals surface area contributed by atoms with E-state index in [1.807, 2.05) is 11.0 Å². The van der Waals surface area contributed by atoms with E-state index >= 15 is 0 Å². The molecule has 2 atom stereocenters. The van der Waals surface area contributed by atoms with Crippen LogP contribution in [0.5, 0.6) is 0 Å². The molecule has 4 fully saturated rings. The van der Waals surface area contributed by atoms with Crippen LogP contribution in [0.2, 0.25) is 0 Å². The van der Waals surface area contributed by atoms with Gasteiger partial charge in [-0.3, -0.25) is 43.9 Å². The lowest BCUT2D eigenvalue weighted by molar-refractivity contribution is -0.146. The van der Waals surface area contributed by atoms with E-state index in [0.717, 1.165) is 55.5 Å². The molecular formula is C38H41N9O8S. The molecule has 1 aliphatic carbocycles. The molecule has 8 rings (SSSR count). The fourth-order valence-corrected chi connectivity index (χ4v) is 9.29. The number of amides is 6. The van der Waals surface area contributed by atoms with Crippen LogP contribution in [0.15, 0.2) is 53.6 Å². The van der Waals surface area contributed by atoms with Gasteiger partial charge in [-0.05, 0) is 79.5 Å². The summed E-state index contributed by atoms with van der Waals surface area (Å²) in [6, 6.07) is 10.1. The van der Waals surface area contributed by atoms with Gasteiger partial charge in [0, 0.05) is 63.0 Å². The van der Waals surface area contributed by atoms with Gasteiger partial charge in [0.25, 0.3) is 17.7 Å². The van der Waals surface area contributed by atoms with Crippen LogP contribution < -0.4 is 26.6 Å². The number of anilines is 3. The van der Waals surface area contributed by atoms with Crippen LogP contribution in [0.4, 0.5) is 17.3 Å². The van der Waals surface area contributed by atoms with Crippen molar-refractivity contribution in [1.82, 2.24) is 30.4 Å². The molecule has 5 aliphatic rings. The second kappa shape index (κ2) is 14.1. The van der Waals surface area contributed by atoms with Gasteiger partial charge in [-0.2, -0.15) is 0 Å². The molecule has 6 amide bonds. The number of sulfone groups is 1. The number of carbonyl (C=O) groups excluding carboxylic acids is 6. The summed E-state index contributed by atoms with van der Waals surface area (Å²) in [5.41, 5.74) is 7.47. The number of fused-ring (bicyclic) bond motifs is 1. The SMILES string of the molecule is CS(=O)(=O)c1ccc(Nc2nc(N3CCC[C@@H](NC(=O)C4CC5(C4)CN(Cc4ccc6c(c4)C(=O)N(C4CCC(=O)NC4=O)C6=O)C5)C3)cnc2C(N)=O)cc1. The van der Waals surface area contributed by atoms with Gasteiger partial charge < -0.3 is 21.3 Å². The van der Waals surface area contributed by atoms with Crippen molar-refractivity contribution in [2.45, 2.75) is 62.0 Å². The highest BCUT2D eigenvalue weighted by Gasteiger charge is 2.54. The van der Waals surface area contributed by atoms with Crippen molar-refractivity contribution in [3.05, 3.63) is 71.0 Å². The first kappa shape index (κ1) is 37.2. The molecule has 292 valence electrons. The number of primary amides is 1. The maximum absolute atomic E-state index is 13.4. The maximum Gasteiger partial charge on any atom is 0.271 e. The number of piperidine rings is 2. The first-order chi connectivity index (χ1) is 26.7. The van der Waals surface area contributed by atoms with Gasteiger partial charge in [-0.15, -0.1) is 0 Å². The molecule has 3 aromatic rings. The van der Waals surface area contributed by atoms with Crippen molar-refractivity contribution >= 4 is 62.6 Å². The second-order valence-corrected chi connectivity index (χ2v) is 17.6. The highest BCUT2D eigenvalue weighted by Crippen LogP contribution is 2.52. The van der Waals surface area contributed by atoms with E-state index in [4.69, 9.17) is 5.73 Å². The minimum Gasteiger partial charge on any atom is -0.364 e. The Hall–Kier alpha value is -5.75. The van der Waals surface area contributed by atoms with Gasteiger partial charge in [-0.1, -0.05) is 6.07 Å². The predicted octanol–water partition coefficient (Wildman–Crippen LogP) is 1.12. The van der Waals surface area contributed by atoms with Crippen LogP contribution in [0.3, 0.4) is 0 Å². The Kier molecular flexibility index (Phi) is 9.35. The Morgan fingerprint density at radius 3 is 2.43 bits per heavy atom. The average molecular weight is 784 g/mol. The van der Waals surface area contributed by atoms with Gasteiger partial charge in [0.05, 0.1) is 22.2 Å². The fourth-order valence-electron chi connectivity index (χ4n) is 8.66. The number of hydrogen-bond acceptors (Lipinski definition) is 13. The number of likely N-dealkylation sites (tertiary alicyclic amines) is 1. The van der Waals surface area contributed by atoms with Crippen LogP contribution in [0.1, 0.15) is 75.3 Å². The Labute approximate surface area is 322 Å². The fraction of sp³-hybridized carbons (Fsp3) is 0.421. The number of rotatable bonds is 10. The monoisotopic (exact) mass is 783 g/mol. The van der Waals surface area contributed by atoms with Crippen LogP contribution in [0.25, 0.3) is 0 Å². The van der Waals surface area contributed by atoms with Crippen LogP contribution in [-0.4, -0.2) is 108 Å². The minimum absolute atomic E-state index is 0.0263. The molecule has 1 unspecified atom stereocenters. The van der Waals surface area contributed by atoms with Crippen molar-refractivity contribution in [2.75, 3.05) is 42.7 Å². The maximum atomic E-state index is 13.4. The molecule has 1 spiro atoms. The summed E-state index contributed by atoms with van der Waals surface area (Å²) in [6.45, 7) is 3.40. The summed E-state index contributed by atoms with van der Waals surface area (Å²) in [6.07, 6.45) is 5.95. The van der Waals surface area contributed by atoms with Gasteiger partial charge in [0.2, 0.25) is 17.7 Å². The van der Waals surface area contributed by atoms with E-state index in [9.17, 15) is 37.2 Å². The lowest BCUT2D eigenvalue weighted by Gasteiger charge is -2.59. The highest BCUT2D eigenvalue weighted by molar-refractivity contribution is 7.90. The van der Waals surface area contributed by atoms with Gasteiger partial charge in [-0.25, -0.2) is 18.4 Å². The standard InChI is InChI=1S/C38H41N9O8S/c1-56(54,55)25-7-5-23(6-8-25)41-33-31(32(39)49)40-16-29(43-33)46-12-2-3-24(18-46)42-34(50)22-14-38(15-22)19-45(20-38)17-21-4-9-26-27(13-21)37(53)47(36(26)52)28-10-11-30(48)44-35(28)51/h4-9,13,16,22,24,28H,2-3,10-12,14-15,17-20H2,1H3,(H2,39,49)(H,41,43)(H,42,50)(H,44,48,51)/t24-,28?/m1/s1. The van der Waals surface area contributed by atoms with E-state index in [0.29, 0.717) is 31.1 Å². The number of carbonyl (C=O) groups is 6. The molecule has 3 saturated heterocycles. The summed E-state index contributed by atoms with van der Waals surface area (Å²) >= 11 is 0. The number of hydrogen-bond donors (Lipinski definition) is 4. The van der Waals surface area contributed by atoms with Crippen LogP contribution in [-0.2, 0) is 30.8 Å². The van der Waals surface area contributed by atoms with Crippen LogP contribution >= 0.6 is 0 Å². The van der Waals surface area contributed by atoms with E-state index in [-0.39, 0.29) is 63.7 Å². The van der Waals surface area contributed by atoms with Gasteiger partial charge >= 0.3 is 0 Å². The molecule has 0 bridgehead atoms. The Bertz CT molecular complexity index is 2290. The Morgan fingerprint density at radius 2 is 1.73 bits per heavy atom. The van der Waals surface area contributed by atoms with Crippen LogP contribution in [0, 0.1) is 11.3 Å². The normalized spacial score (nSPS) is 22.3. The molecule has 56 heavy (non-hydrogen) atoms. The number of aromatic nitrogens is 2. The summed E-state index contributed by atoms with van der Waals surface area (Å²) in [7, 11) is -3.38. The summed E-state index contributed by atoms with van der Waals surface area (Å²) in [4.78, 5) is 90.1. The number of nitrogens with zero attached hydrogens (tertiary/aromatic N) is 5. The summed E-state index contributed by atoms with van der Waals surface area (Å²) in [5, 5.41) is 8.48. The van der Waals surface area contributed by atoms with E-state index in [1.165, 1.54) is 18.3 Å². The molecule has 5 heterocycles. The lowest BCUT2D eigenvalue weighted by atomic mass is 9.57. The first-order valence-electron chi connectivity index (χ1n) is 18.5. The highest BCUT2D eigenvalue weighted by atomic mass is 32.2.